The molecule has 0 spiro atoms. The molecule has 26 heteroatoms. The fourth-order valence-electron chi connectivity index (χ4n) is 7.41. The number of phosphoric acid groups is 1. The number of esters is 1. The first kappa shape index (κ1) is 45.4. The number of anilines is 1. The van der Waals surface area contributed by atoms with Gasteiger partial charge in [-0.05, 0) is 31.0 Å². The Labute approximate surface area is 361 Å². The number of alkyl halides is 2. The summed E-state index contributed by atoms with van der Waals surface area (Å²) in [6.07, 6.45) is -5.90. The van der Waals surface area contributed by atoms with Crippen LogP contribution in [0.3, 0.4) is 0 Å². The van der Waals surface area contributed by atoms with Gasteiger partial charge in [0, 0.05) is 12.2 Å². The molecule has 0 amide bonds. The van der Waals surface area contributed by atoms with E-state index in [9.17, 15) is 23.6 Å². The van der Waals surface area contributed by atoms with Crippen LogP contribution in [0.4, 0.5) is 14.6 Å². The second kappa shape index (κ2) is 19.1. The van der Waals surface area contributed by atoms with E-state index in [4.69, 9.17) is 38.3 Å². The Morgan fingerprint density at radius 2 is 1.65 bits per heavy atom. The molecule has 8 rings (SSSR count). The molecule has 4 N–H and O–H groups in total. The van der Waals surface area contributed by atoms with Gasteiger partial charge in [0.2, 0.25) is 0 Å². The number of nitrogens with one attached hydrogen (secondary N) is 1. The summed E-state index contributed by atoms with van der Waals surface area (Å²) in [6.45, 7) is -2.03. The number of imidazole rings is 2. The standard InChI is InChI=1S/C37H45F2N9O12P2S/c1-3-4-5-6-7-8-25(49)57-22-11-9-21(10-12-22)15-63-61(51)19-54-30-24(59-36(27(30)39)47-17-43-28-32(40)41-16-42-33(28)47)14-56-62(52,53)60-31-26(38)23(13-55-61)58-37(31)48-18-44-29-34(48)45-20(2)46-35(29)50/h9-12,16-18,23-24,26-27,30-31,36-37H,3-8,13-15,19H2,1-2H3,(H,52,53)(H2,40,41,42)(H,45,46,50)/t23-,24-,26-,27-,30-,31-,36-,37-,61?/m1/s1. The summed E-state index contributed by atoms with van der Waals surface area (Å²) in [5, 5.41) is 0. The number of ether oxygens (including phenoxy) is 4. The highest BCUT2D eigenvalue weighted by atomic mass is 32.7. The molecule has 3 saturated heterocycles. The van der Waals surface area contributed by atoms with Crippen molar-refractivity contribution in [2.75, 3.05) is 25.3 Å². The van der Waals surface area contributed by atoms with Crippen molar-refractivity contribution in [3.8, 4) is 5.75 Å². The molecule has 340 valence electrons. The predicted molar refractivity (Wildman–Crippen MR) is 221 cm³/mol. The fourth-order valence-corrected chi connectivity index (χ4v) is 11.7. The summed E-state index contributed by atoms with van der Waals surface area (Å²) in [4.78, 5) is 59.1. The lowest BCUT2D eigenvalue weighted by molar-refractivity contribution is -0.134. The van der Waals surface area contributed by atoms with Crippen LogP contribution in [0.25, 0.3) is 22.3 Å². The van der Waals surface area contributed by atoms with Gasteiger partial charge in [-0.1, -0.05) is 56.1 Å². The molecule has 0 saturated carbocycles. The minimum Gasteiger partial charge on any atom is -0.427 e. The number of rotatable bonds is 12. The lowest BCUT2D eigenvalue weighted by Gasteiger charge is -2.26. The van der Waals surface area contributed by atoms with Gasteiger partial charge in [-0.3, -0.25) is 32.3 Å². The zero-order chi connectivity index (χ0) is 44.5. The molecule has 3 fully saturated rings. The molecule has 0 radical (unpaired) electrons. The number of carbonyl (C=O) groups excluding carboxylic acids is 1. The van der Waals surface area contributed by atoms with Crippen LogP contribution in [0.1, 0.15) is 69.3 Å². The van der Waals surface area contributed by atoms with Gasteiger partial charge in [0.25, 0.3) is 12.1 Å². The van der Waals surface area contributed by atoms with Crippen molar-refractivity contribution in [2.24, 2.45) is 0 Å². The zero-order valence-electron chi connectivity index (χ0n) is 33.9. The van der Waals surface area contributed by atoms with E-state index in [-0.39, 0.29) is 52.1 Å². The van der Waals surface area contributed by atoms with Crippen molar-refractivity contribution < 1.29 is 60.1 Å². The second-order valence-electron chi connectivity index (χ2n) is 15.1. The van der Waals surface area contributed by atoms with Gasteiger partial charge in [0.15, 0.2) is 47.4 Å². The van der Waals surface area contributed by atoms with Gasteiger partial charge >= 0.3 is 13.8 Å². The normalized spacial score (nSPS) is 30.4. The number of aromatic nitrogens is 8. The topological polar surface area (TPSA) is 269 Å². The maximum atomic E-state index is 16.6. The molecule has 1 aromatic carbocycles. The first-order valence-electron chi connectivity index (χ1n) is 20.1. The summed E-state index contributed by atoms with van der Waals surface area (Å²) in [7, 11) is -5.23. The highest BCUT2D eigenvalue weighted by Crippen LogP contribution is 2.62. The van der Waals surface area contributed by atoms with Crippen molar-refractivity contribution in [3.05, 3.63) is 65.0 Å². The van der Waals surface area contributed by atoms with Crippen molar-refractivity contribution >= 4 is 59.9 Å². The molecular weight excluding hydrogens is 894 g/mol. The third-order valence-corrected chi connectivity index (χ3v) is 15.7. The number of fused-ring (bicyclic) bond motifs is 5. The summed E-state index contributed by atoms with van der Waals surface area (Å²) < 4.78 is 104. The maximum absolute atomic E-state index is 16.6. The second-order valence-corrected chi connectivity index (χ2v) is 21.3. The number of halogens is 2. The molecule has 7 heterocycles. The van der Waals surface area contributed by atoms with Crippen LogP contribution in [-0.2, 0) is 47.5 Å². The number of benzene rings is 1. The lowest BCUT2D eigenvalue weighted by Crippen LogP contribution is -2.36. The average Bonchev–Trinajstić information content (AvgIpc) is 4.02. The molecule has 3 aliphatic rings. The summed E-state index contributed by atoms with van der Waals surface area (Å²) >= 11 is 0.821. The molecule has 63 heavy (non-hydrogen) atoms. The number of aromatic amines is 1. The minimum atomic E-state index is -5.23. The van der Waals surface area contributed by atoms with Gasteiger partial charge in [0.1, 0.15) is 54.2 Å². The summed E-state index contributed by atoms with van der Waals surface area (Å²) in [5.74, 6) is 0.237. The van der Waals surface area contributed by atoms with Crippen LogP contribution in [-0.4, -0.2) is 106 Å². The third kappa shape index (κ3) is 10.0. The van der Waals surface area contributed by atoms with Gasteiger partial charge in [-0.2, -0.15) is 0 Å². The van der Waals surface area contributed by atoms with E-state index in [1.54, 1.807) is 24.3 Å². The molecular formula is C37H45F2N9O12P2S. The number of phosphoric ester groups is 1. The number of nitrogen functional groups attached to an aromatic ring is 1. The van der Waals surface area contributed by atoms with Crippen LogP contribution in [0.2, 0.25) is 0 Å². The zero-order valence-corrected chi connectivity index (χ0v) is 36.5. The van der Waals surface area contributed by atoms with E-state index in [0.717, 1.165) is 56.1 Å². The van der Waals surface area contributed by atoms with Crippen molar-refractivity contribution in [1.29, 1.82) is 0 Å². The Kier molecular flexibility index (Phi) is 13.7. The first-order valence-corrected chi connectivity index (χ1v) is 25.0. The fraction of sp³-hybridized carbons (Fsp3) is 0.541. The van der Waals surface area contributed by atoms with Crippen molar-refractivity contribution in [2.45, 2.75) is 107 Å². The van der Waals surface area contributed by atoms with Gasteiger partial charge in [-0.25, -0.2) is 38.3 Å². The van der Waals surface area contributed by atoms with E-state index in [0.29, 0.717) is 11.3 Å². The Hall–Kier alpha value is -4.22. The van der Waals surface area contributed by atoms with E-state index < -0.39 is 88.7 Å². The van der Waals surface area contributed by atoms with Crippen LogP contribution in [0.5, 0.6) is 5.75 Å². The molecule has 0 aliphatic carbocycles. The molecule has 5 aromatic rings. The van der Waals surface area contributed by atoms with E-state index in [1.807, 2.05) is 0 Å². The highest BCUT2D eigenvalue weighted by Gasteiger charge is 2.54. The quantitative estimate of drug-likeness (QED) is 0.0595. The van der Waals surface area contributed by atoms with Crippen LogP contribution < -0.4 is 16.0 Å². The monoisotopic (exact) mass is 939 g/mol. The Bertz CT molecular complexity index is 2590. The number of hydrogen-bond acceptors (Lipinski definition) is 18. The van der Waals surface area contributed by atoms with E-state index in [2.05, 4.69) is 36.8 Å². The molecule has 4 aromatic heterocycles. The molecule has 10 atom stereocenters. The first-order chi connectivity index (χ1) is 30.2. The molecule has 21 nitrogen and oxygen atoms in total. The number of aryl methyl sites for hydroxylation is 1. The van der Waals surface area contributed by atoms with Crippen LogP contribution in [0, 0.1) is 6.92 Å². The number of nitrogens with two attached hydrogens (primary N) is 1. The molecule has 3 aliphatic heterocycles. The van der Waals surface area contributed by atoms with Gasteiger partial charge < -0.3 is 39.1 Å². The lowest BCUT2D eigenvalue weighted by atomic mass is 10.1. The Morgan fingerprint density at radius 3 is 2.43 bits per heavy atom. The number of hydrogen-bond donors (Lipinski definition) is 3. The molecule has 2 unspecified atom stereocenters. The van der Waals surface area contributed by atoms with E-state index in [1.165, 1.54) is 22.4 Å². The average molecular weight is 940 g/mol. The largest absolute Gasteiger partial charge is 0.472 e. The van der Waals surface area contributed by atoms with Gasteiger partial charge in [-0.15, -0.1) is 0 Å². The number of unbranched alkanes of at least 4 members (excludes halogenated alkanes) is 4. The Balaban J connectivity index is 1.06. The van der Waals surface area contributed by atoms with Crippen LogP contribution >= 0.6 is 25.8 Å². The van der Waals surface area contributed by atoms with Crippen LogP contribution in [0.15, 0.2) is 48.0 Å². The third-order valence-electron chi connectivity index (χ3n) is 10.6. The number of H-pyrrole nitrogens is 1. The summed E-state index contributed by atoms with van der Waals surface area (Å²) in [5.41, 5.74) is 6.08. The minimum absolute atomic E-state index is 0.0202. The van der Waals surface area contributed by atoms with Crippen molar-refractivity contribution in [1.82, 2.24) is 39.0 Å². The number of nitrogens with zero attached hydrogens (tertiary/aromatic N) is 7. The van der Waals surface area contributed by atoms with Crippen molar-refractivity contribution in [3.63, 3.8) is 0 Å². The predicted octanol–water partition coefficient (Wildman–Crippen LogP) is 5.59. The smallest absolute Gasteiger partial charge is 0.427 e. The van der Waals surface area contributed by atoms with E-state index >= 15 is 8.78 Å². The van der Waals surface area contributed by atoms with Gasteiger partial charge in [0.05, 0.1) is 25.9 Å². The summed E-state index contributed by atoms with van der Waals surface area (Å²) in [6, 6.07) is 6.55. The maximum Gasteiger partial charge on any atom is 0.472 e. The SMILES string of the molecule is CCCCCCCC(=O)Oc1ccc(CSP2(=O)CO[C@H]3[C@@H](F)[C@H](n4cnc5c(N)ncnc54)O[C@@H]3COP(=O)(O)O[C@@H]3[C@H](F)[C@@H](CO2)O[C@H]3n2cnc3c(=O)[nH]c(C)nc32)cc1. The number of carbonyl (C=O) groups is 1. The highest BCUT2D eigenvalue weighted by molar-refractivity contribution is 8.56. The Morgan fingerprint density at radius 1 is 0.937 bits per heavy atom. The molecule has 2 bridgehead atoms.